The molecule has 3 rings (SSSR count). The summed E-state index contributed by atoms with van der Waals surface area (Å²) < 4.78 is 37.0. The van der Waals surface area contributed by atoms with Crippen LogP contribution in [-0.4, -0.2) is 39.4 Å². The Morgan fingerprint density at radius 2 is 1.80 bits per heavy atom. The maximum absolute atomic E-state index is 10.8. The van der Waals surface area contributed by atoms with Gasteiger partial charge in [-0.05, 0) is 18.2 Å². The highest BCUT2D eigenvalue weighted by Crippen LogP contribution is 2.45. The van der Waals surface area contributed by atoms with Gasteiger partial charge in [0.1, 0.15) is 17.1 Å². The molecule has 0 bridgehead atoms. The van der Waals surface area contributed by atoms with Gasteiger partial charge in [0.2, 0.25) is 0 Å². The molecule has 25 heavy (non-hydrogen) atoms. The van der Waals surface area contributed by atoms with Crippen LogP contribution in [0.4, 0.5) is 5.69 Å². The number of fused-ring (bicyclic) bond motifs is 3. The second-order valence-electron chi connectivity index (χ2n) is 6.93. The molecule has 2 aromatic carbocycles. The topological polar surface area (TPSA) is 63.6 Å². The molecule has 134 valence electrons. The van der Waals surface area contributed by atoms with E-state index in [-0.39, 0.29) is 5.75 Å². The van der Waals surface area contributed by atoms with Crippen molar-refractivity contribution in [3.63, 3.8) is 0 Å². The first-order valence-corrected chi connectivity index (χ1v) is 9.98. The predicted molar refractivity (Wildman–Crippen MR) is 102 cm³/mol. The number of rotatable bonds is 6. The number of unbranched alkanes of at least 4 members (excludes halogenated alkanes) is 1. The zero-order valence-electron chi connectivity index (χ0n) is 14.8. The van der Waals surface area contributed by atoms with Crippen LogP contribution in [0.5, 0.6) is 5.75 Å². The van der Waals surface area contributed by atoms with Crippen molar-refractivity contribution in [1.29, 1.82) is 0 Å². The standard InChI is InChI=1S/C19H23NO4S/c1-14-12-17-15-8-4-5-9-16(15)19(13-18(17)20(14,2)3)24-10-6-7-11-25(21,22)23/h4-5,8-9,12-13H,6-7,10-11H2,1-3H3/p+1. The SMILES string of the molecule is CC1=Cc2c(cc(OCCCCS(=O)(=O)O)c3ccccc23)[N+]1(C)C. The van der Waals surface area contributed by atoms with Gasteiger partial charge in [0.15, 0.2) is 0 Å². The first-order valence-electron chi connectivity index (χ1n) is 8.37. The van der Waals surface area contributed by atoms with Gasteiger partial charge in [-0.15, -0.1) is 0 Å². The van der Waals surface area contributed by atoms with Gasteiger partial charge in [-0.2, -0.15) is 8.42 Å². The quantitative estimate of drug-likeness (QED) is 0.482. The van der Waals surface area contributed by atoms with Gasteiger partial charge in [-0.25, -0.2) is 0 Å². The van der Waals surface area contributed by atoms with Crippen molar-refractivity contribution >= 4 is 32.7 Å². The Labute approximate surface area is 148 Å². The fraction of sp³-hybridized carbons (Fsp3) is 0.368. The van der Waals surface area contributed by atoms with E-state index in [1.54, 1.807) is 0 Å². The molecule has 1 aliphatic heterocycles. The second kappa shape index (κ2) is 6.44. The van der Waals surface area contributed by atoms with Crippen molar-refractivity contribution in [2.45, 2.75) is 19.8 Å². The fourth-order valence-corrected chi connectivity index (χ4v) is 3.78. The molecule has 5 nitrogen and oxygen atoms in total. The van der Waals surface area contributed by atoms with Crippen molar-refractivity contribution in [3.8, 4) is 5.75 Å². The van der Waals surface area contributed by atoms with Crippen LogP contribution in [0.3, 0.4) is 0 Å². The molecular formula is C19H24NO4S+. The van der Waals surface area contributed by atoms with E-state index in [1.165, 1.54) is 16.9 Å². The van der Waals surface area contributed by atoms with Gasteiger partial charge in [0.05, 0.1) is 26.5 Å². The summed E-state index contributed by atoms with van der Waals surface area (Å²) in [5.74, 6) is 0.587. The minimum atomic E-state index is -3.90. The molecule has 0 fully saturated rings. The third-order valence-corrected chi connectivity index (χ3v) is 5.72. The monoisotopic (exact) mass is 362 g/mol. The third-order valence-electron chi connectivity index (χ3n) is 4.92. The molecule has 0 radical (unpaired) electrons. The summed E-state index contributed by atoms with van der Waals surface area (Å²) in [6.07, 6.45) is 3.18. The summed E-state index contributed by atoms with van der Waals surface area (Å²) in [6, 6.07) is 10.3. The van der Waals surface area contributed by atoms with E-state index in [1.807, 2.05) is 18.2 Å². The Bertz CT molecular complexity index is 945. The number of hydrogen-bond donors (Lipinski definition) is 1. The molecule has 6 heteroatoms. The summed E-state index contributed by atoms with van der Waals surface area (Å²) in [7, 11) is 0.412. The summed E-state index contributed by atoms with van der Waals surface area (Å²) in [5, 5.41) is 2.22. The van der Waals surface area contributed by atoms with Crippen LogP contribution < -0.4 is 9.22 Å². The molecule has 0 saturated carbocycles. The molecule has 0 saturated heterocycles. The number of hydrogen-bond acceptors (Lipinski definition) is 3. The van der Waals surface area contributed by atoms with Crippen LogP contribution in [0.25, 0.3) is 16.8 Å². The van der Waals surface area contributed by atoms with E-state index >= 15 is 0 Å². The van der Waals surface area contributed by atoms with Crippen molar-refractivity contribution in [2.24, 2.45) is 0 Å². The van der Waals surface area contributed by atoms with Gasteiger partial charge < -0.3 is 4.74 Å². The first kappa shape index (κ1) is 17.9. The van der Waals surface area contributed by atoms with E-state index in [0.29, 0.717) is 23.9 Å². The molecule has 0 aromatic heterocycles. The smallest absolute Gasteiger partial charge is 0.264 e. The minimum absolute atomic E-state index is 0.228. The number of ether oxygens (including phenoxy) is 1. The molecule has 0 spiro atoms. The molecular weight excluding hydrogens is 338 g/mol. The molecule has 1 aliphatic rings. The lowest BCUT2D eigenvalue weighted by atomic mass is 10.0. The zero-order chi connectivity index (χ0) is 18.2. The molecule has 2 aromatic rings. The minimum Gasteiger partial charge on any atom is -0.493 e. The molecule has 0 atom stereocenters. The van der Waals surface area contributed by atoms with Gasteiger partial charge >= 0.3 is 0 Å². The Morgan fingerprint density at radius 1 is 1.12 bits per heavy atom. The number of allylic oxidation sites excluding steroid dienone is 1. The summed E-state index contributed by atoms with van der Waals surface area (Å²) in [6.45, 7) is 2.54. The average Bonchev–Trinajstić information content (AvgIpc) is 2.76. The zero-order valence-corrected chi connectivity index (χ0v) is 15.6. The highest BCUT2D eigenvalue weighted by atomic mass is 32.2. The van der Waals surface area contributed by atoms with E-state index in [0.717, 1.165) is 16.5 Å². The largest absolute Gasteiger partial charge is 0.493 e. The lowest BCUT2D eigenvalue weighted by molar-refractivity contribution is 0.312. The maximum atomic E-state index is 10.8. The van der Waals surface area contributed by atoms with Crippen molar-refractivity contribution in [2.75, 3.05) is 26.5 Å². The molecule has 1 heterocycles. The molecule has 0 unspecified atom stereocenters. The summed E-state index contributed by atoms with van der Waals surface area (Å²) in [5.41, 5.74) is 3.70. The van der Waals surface area contributed by atoms with E-state index in [2.05, 4.69) is 39.2 Å². The Balaban J connectivity index is 1.87. The van der Waals surface area contributed by atoms with Gasteiger partial charge in [0, 0.05) is 30.0 Å². The second-order valence-corrected chi connectivity index (χ2v) is 8.51. The predicted octanol–water partition coefficient (Wildman–Crippen LogP) is 3.83. The summed E-state index contributed by atoms with van der Waals surface area (Å²) in [4.78, 5) is 0. The van der Waals surface area contributed by atoms with E-state index in [4.69, 9.17) is 9.29 Å². The molecule has 1 N–H and O–H groups in total. The van der Waals surface area contributed by atoms with Gasteiger partial charge in [-0.1, -0.05) is 24.3 Å². The highest BCUT2D eigenvalue weighted by Gasteiger charge is 2.33. The Hall–Kier alpha value is -1.89. The number of benzene rings is 2. The van der Waals surface area contributed by atoms with Crippen LogP contribution in [0.2, 0.25) is 0 Å². The van der Waals surface area contributed by atoms with Crippen molar-refractivity contribution in [1.82, 2.24) is 4.48 Å². The van der Waals surface area contributed by atoms with Gasteiger partial charge in [0.25, 0.3) is 10.1 Å². The van der Waals surface area contributed by atoms with Crippen LogP contribution in [0.1, 0.15) is 25.3 Å². The average molecular weight is 362 g/mol. The van der Waals surface area contributed by atoms with Crippen LogP contribution >= 0.6 is 0 Å². The van der Waals surface area contributed by atoms with Crippen LogP contribution in [-0.2, 0) is 10.1 Å². The number of nitrogens with zero attached hydrogens (tertiary/aromatic N) is 1. The molecule has 0 aliphatic carbocycles. The normalized spacial score (nSPS) is 15.9. The van der Waals surface area contributed by atoms with Gasteiger partial charge in [-0.3, -0.25) is 9.04 Å². The molecule has 0 amide bonds. The first-order chi connectivity index (χ1) is 11.7. The lowest BCUT2D eigenvalue weighted by Crippen LogP contribution is -2.35. The fourth-order valence-electron chi connectivity index (χ4n) is 3.21. The van der Waals surface area contributed by atoms with Crippen LogP contribution in [0.15, 0.2) is 36.0 Å². The highest BCUT2D eigenvalue weighted by molar-refractivity contribution is 7.85. The third kappa shape index (κ3) is 3.56. The van der Waals surface area contributed by atoms with Crippen molar-refractivity contribution in [3.05, 3.63) is 41.6 Å². The summed E-state index contributed by atoms with van der Waals surface area (Å²) >= 11 is 0. The van der Waals surface area contributed by atoms with Crippen LogP contribution in [0, 0.1) is 0 Å². The number of quaternary nitrogens is 1. The lowest BCUT2D eigenvalue weighted by Gasteiger charge is -2.26. The van der Waals surface area contributed by atoms with Crippen molar-refractivity contribution < 1.29 is 17.7 Å². The van der Waals surface area contributed by atoms with E-state index in [9.17, 15) is 8.42 Å². The van der Waals surface area contributed by atoms with E-state index < -0.39 is 10.1 Å². The Morgan fingerprint density at radius 3 is 2.48 bits per heavy atom. The Kier molecular flexibility index (Phi) is 4.62. The maximum Gasteiger partial charge on any atom is 0.264 e.